The van der Waals surface area contributed by atoms with Crippen LogP contribution in [-0.2, 0) is 0 Å². The molecule has 0 N–H and O–H groups in total. The van der Waals surface area contributed by atoms with Crippen molar-refractivity contribution >= 4 is 17.4 Å². The van der Waals surface area contributed by atoms with Crippen LogP contribution in [0.15, 0.2) is 12.1 Å². The average molecular weight is 236 g/mol. The first-order chi connectivity index (χ1) is 7.63. The van der Waals surface area contributed by atoms with E-state index in [2.05, 4.69) is 23.7 Å². The van der Waals surface area contributed by atoms with Crippen LogP contribution in [0.25, 0.3) is 0 Å². The van der Waals surface area contributed by atoms with E-state index in [1.807, 2.05) is 12.1 Å². The highest BCUT2D eigenvalue weighted by Gasteiger charge is 2.28. The molecule has 84 valence electrons. The lowest BCUT2D eigenvalue weighted by Gasteiger charge is -2.24. The Balaban J connectivity index is 2.32. The highest BCUT2D eigenvalue weighted by molar-refractivity contribution is 6.31. The van der Waals surface area contributed by atoms with Gasteiger partial charge in [0.1, 0.15) is 11.9 Å². The number of pyridine rings is 1. The molecule has 1 fully saturated rings. The van der Waals surface area contributed by atoms with E-state index in [1.165, 1.54) is 6.42 Å². The van der Waals surface area contributed by atoms with Gasteiger partial charge in [-0.15, -0.1) is 0 Å². The van der Waals surface area contributed by atoms with Crippen LogP contribution in [0.4, 0.5) is 5.82 Å². The summed E-state index contributed by atoms with van der Waals surface area (Å²) in [5.74, 6) is 1.53. The minimum Gasteiger partial charge on any atom is -0.354 e. The summed E-state index contributed by atoms with van der Waals surface area (Å²) < 4.78 is 0. The maximum absolute atomic E-state index is 8.89. The molecule has 3 nitrogen and oxygen atoms in total. The third-order valence-electron chi connectivity index (χ3n) is 3.37. The van der Waals surface area contributed by atoms with Crippen molar-refractivity contribution in [3.63, 3.8) is 0 Å². The van der Waals surface area contributed by atoms with Crippen molar-refractivity contribution in [3.8, 4) is 6.07 Å². The van der Waals surface area contributed by atoms with E-state index in [0.717, 1.165) is 12.4 Å². The van der Waals surface area contributed by atoms with E-state index < -0.39 is 0 Å². The van der Waals surface area contributed by atoms with E-state index in [0.29, 0.717) is 22.7 Å². The number of anilines is 1. The van der Waals surface area contributed by atoms with Crippen molar-refractivity contribution in [2.24, 2.45) is 5.92 Å². The zero-order valence-corrected chi connectivity index (χ0v) is 10.2. The molecule has 1 saturated heterocycles. The molecular formula is C12H14ClN3. The van der Waals surface area contributed by atoms with Gasteiger partial charge >= 0.3 is 0 Å². The number of nitrogens with zero attached hydrogens (tertiary/aromatic N) is 3. The zero-order valence-electron chi connectivity index (χ0n) is 9.44. The predicted molar refractivity (Wildman–Crippen MR) is 64.6 cm³/mol. The fourth-order valence-corrected chi connectivity index (χ4v) is 2.24. The molecule has 2 heterocycles. The summed E-state index contributed by atoms with van der Waals surface area (Å²) in [7, 11) is 0. The minimum atomic E-state index is 0.311. The maximum atomic E-state index is 8.89. The van der Waals surface area contributed by atoms with Crippen LogP contribution in [0.2, 0.25) is 5.02 Å². The van der Waals surface area contributed by atoms with Crippen LogP contribution in [-0.4, -0.2) is 17.6 Å². The number of rotatable bonds is 1. The molecule has 0 radical (unpaired) electrons. The highest BCUT2D eigenvalue weighted by atomic mass is 35.5. The van der Waals surface area contributed by atoms with E-state index in [-0.39, 0.29) is 0 Å². The van der Waals surface area contributed by atoms with Crippen LogP contribution < -0.4 is 4.90 Å². The van der Waals surface area contributed by atoms with Crippen molar-refractivity contribution in [3.05, 3.63) is 22.8 Å². The summed E-state index contributed by atoms with van der Waals surface area (Å²) in [5, 5.41) is 9.31. The van der Waals surface area contributed by atoms with Crippen LogP contribution >= 0.6 is 11.6 Å². The summed E-state index contributed by atoms with van der Waals surface area (Å²) in [4.78, 5) is 6.53. The molecule has 16 heavy (non-hydrogen) atoms. The van der Waals surface area contributed by atoms with Gasteiger partial charge in [0.25, 0.3) is 0 Å². The van der Waals surface area contributed by atoms with E-state index in [1.54, 1.807) is 6.07 Å². The zero-order chi connectivity index (χ0) is 11.7. The molecule has 1 aromatic rings. The maximum Gasteiger partial charge on any atom is 0.161 e. The van der Waals surface area contributed by atoms with E-state index in [9.17, 15) is 0 Å². The Bertz CT molecular complexity index is 438. The van der Waals surface area contributed by atoms with Gasteiger partial charge in [-0.25, -0.2) is 4.98 Å². The van der Waals surface area contributed by atoms with Crippen LogP contribution in [0.5, 0.6) is 0 Å². The number of hydrogen-bond acceptors (Lipinski definition) is 3. The number of aromatic nitrogens is 1. The standard InChI is InChI=1S/C12H14ClN3/c1-8-5-6-16(9(8)2)12-4-3-10(13)11(7-14)15-12/h3-4,8-9H,5-6H2,1-2H3. The molecule has 0 aliphatic carbocycles. The summed E-state index contributed by atoms with van der Waals surface area (Å²) in [5.41, 5.74) is 0.311. The quantitative estimate of drug-likeness (QED) is 0.752. The molecule has 1 aliphatic rings. The van der Waals surface area contributed by atoms with Gasteiger partial charge in [-0.3, -0.25) is 0 Å². The van der Waals surface area contributed by atoms with Crippen molar-refractivity contribution in [2.45, 2.75) is 26.3 Å². The third kappa shape index (κ3) is 1.85. The third-order valence-corrected chi connectivity index (χ3v) is 3.68. The molecule has 4 heteroatoms. The smallest absolute Gasteiger partial charge is 0.161 e. The number of halogens is 1. The molecule has 0 saturated carbocycles. The van der Waals surface area contributed by atoms with Gasteiger partial charge in [0.05, 0.1) is 5.02 Å². The summed E-state index contributed by atoms with van der Waals surface area (Å²) >= 11 is 5.86. The summed E-state index contributed by atoms with van der Waals surface area (Å²) in [6.45, 7) is 5.44. The second kappa shape index (κ2) is 4.31. The molecule has 1 aliphatic heterocycles. The largest absolute Gasteiger partial charge is 0.354 e. The first-order valence-corrected chi connectivity index (χ1v) is 5.84. The Kier molecular flexibility index (Phi) is 3.02. The molecular weight excluding hydrogens is 222 g/mol. The molecule has 2 unspecified atom stereocenters. The Labute approximate surface area is 101 Å². The monoisotopic (exact) mass is 235 g/mol. The average Bonchev–Trinajstić information content (AvgIpc) is 2.61. The lowest BCUT2D eigenvalue weighted by molar-refractivity contribution is 0.544. The van der Waals surface area contributed by atoms with E-state index in [4.69, 9.17) is 16.9 Å². The Morgan fingerprint density at radius 1 is 1.50 bits per heavy atom. The van der Waals surface area contributed by atoms with E-state index >= 15 is 0 Å². The van der Waals surface area contributed by atoms with Gasteiger partial charge < -0.3 is 4.90 Å². The fourth-order valence-electron chi connectivity index (χ4n) is 2.09. The van der Waals surface area contributed by atoms with Crippen LogP contribution in [0.1, 0.15) is 26.0 Å². The lowest BCUT2D eigenvalue weighted by Crippen LogP contribution is -2.29. The lowest BCUT2D eigenvalue weighted by atomic mass is 10.1. The topological polar surface area (TPSA) is 39.9 Å². The predicted octanol–water partition coefficient (Wildman–Crippen LogP) is 2.84. The SMILES string of the molecule is CC1CCN(c2ccc(Cl)c(C#N)n2)C1C. The number of hydrogen-bond donors (Lipinski definition) is 0. The van der Waals surface area contributed by atoms with Crippen molar-refractivity contribution in [1.29, 1.82) is 5.26 Å². The Hall–Kier alpha value is -1.27. The molecule has 0 bridgehead atoms. The van der Waals surface area contributed by atoms with Gasteiger partial charge in [0.15, 0.2) is 5.69 Å². The van der Waals surface area contributed by atoms with Gasteiger partial charge in [-0.2, -0.15) is 5.26 Å². The Morgan fingerprint density at radius 3 is 2.81 bits per heavy atom. The van der Waals surface area contributed by atoms with Gasteiger partial charge in [-0.1, -0.05) is 18.5 Å². The molecule has 0 amide bonds. The molecule has 0 spiro atoms. The molecule has 2 atom stereocenters. The first kappa shape index (κ1) is 11.2. The number of nitriles is 1. The summed E-state index contributed by atoms with van der Waals surface area (Å²) in [6, 6.07) is 6.12. The first-order valence-electron chi connectivity index (χ1n) is 5.46. The second-order valence-corrected chi connectivity index (χ2v) is 4.72. The van der Waals surface area contributed by atoms with Crippen molar-refractivity contribution in [1.82, 2.24) is 4.98 Å². The van der Waals surface area contributed by atoms with Crippen LogP contribution in [0, 0.1) is 17.2 Å². The van der Waals surface area contributed by atoms with Crippen molar-refractivity contribution in [2.75, 3.05) is 11.4 Å². The van der Waals surface area contributed by atoms with Gasteiger partial charge in [0.2, 0.25) is 0 Å². The van der Waals surface area contributed by atoms with Crippen LogP contribution in [0.3, 0.4) is 0 Å². The highest BCUT2D eigenvalue weighted by Crippen LogP contribution is 2.29. The normalized spacial score (nSPS) is 24.5. The minimum absolute atomic E-state index is 0.311. The fraction of sp³-hybridized carbons (Fsp3) is 0.500. The molecule has 0 aromatic carbocycles. The van der Waals surface area contributed by atoms with Crippen molar-refractivity contribution < 1.29 is 0 Å². The van der Waals surface area contributed by atoms with Gasteiger partial charge in [0, 0.05) is 12.6 Å². The molecule has 1 aromatic heterocycles. The summed E-state index contributed by atoms with van der Waals surface area (Å²) in [6.07, 6.45) is 1.17. The second-order valence-electron chi connectivity index (χ2n) is 4.31. The van der Waals surface area contributed by atoms with Gasteiger partial charge in [-0.05, 0) is 31.4 Å². The molecule has 2 rings (SSSR count). The Morgan fingerprint density at radius 2 is 2.25 bits per heavy atom.